The number of benzene rings is 1. The molecule has 1 aliphatic carbocycles. The van der Waals surface area contributed by atoms with Gasteiger partial charge in [0.1, 0.15) is 0 Å². The third-order valence-corrected chi connectivity index (χ3v) is 5.05. The van der Waals surface area contributed by atoms with E-state index in [1.165, 1.54) is 55.4 Å². The topological polar surface area (TPSA) is 8.17 Å². The number of rotatable bonds is 1. The van der Waals surface area contributed by atoms with Crippen LogP contribution in [0.15, 0.2) is 18.2 Å². The Morgan fingerprint density at radius 2 is 2.16 bits per heavy atom. The first-order valence-electron chi connectivity index (χ1n) is 7.65. The van der Waals surface area contributed by atoms with Crippen LogP contribution in [0.25, 0.3) is 10.9 Å². The first-order valence-corrected chi connectivity index (χ1v) is 7.65. The Bertz CT molecular complexity index is 638. The van der Waals surface area contributed by atoms with Gasteiger partial charge in [-0.05, 0) is 50.4 Å². The van der Waals surface area contributed by atoms with E-state index in [0.717, 1.165) is 0 Å². The van der Waals surface area contributed by atoms with E-state index in [4.69, 9.17) is 0 Å². The highest BCUT2D eigenvalue weighted by Crippen LogP contribution is 2.42. The van der Waals surface area contributed by atoms with Crippen molar-refractivity contribution in [2.45, 2.75) is 45.7 Å². The fourth-order valence-corrected chi connectivity index (χ4v) is 4.17. The van der Waals surface area contributed by atoms with Gasteiger partial charge in [0, 0.05) is 29.7 Å². The van der Waals surface area contributed by atoms with Gasteiger partial charge in [0.05, 0.1) is 6.04 Å². The number of aryl methyl sites for hydroxylation is 2. The van der Waals surface area contributed by atoms with Crippen molar-refractivity contribution in [3.8, 4) is 0 Å². The van der Waals surface area contributed by atoms with Crippen LogP contribution < -0.4 is 0 Å². The van der Waals surface area contributed by atoms with Gasteiger partial charge in [-0.1, -0.05) is 18.6 Å². The fraction of sp³-hybridized carbons (Fsp3) is 0.529. The van der Waals surface area contributed by atoms with E-state index in [1.54, 1.807) is 11.3 Å². The average molecular weight is 254 g/mol. The number of hydrogen-bond acceptors (Lipinski definition) is 1. The molecule has 0 N–H and O–H groups in total. The van der Waals surface area contributed by atoms with Gasteiger partial charge in [-0.25, -0.2) is 0 Å². The van der Waals surface area contributed by atoms with E-state index in [9.17, 15) is 0 Å². The quantitative estimate of drug-likeness (QED) is 0.754. The van der Waals surface area contributed by atoms with Crippen LogP contribution in [0.2, 0.25) is 0 Å². The average Bonchev–Trinajstić information content (AvgIpc) is 2.75. The van der Waals surface area contributed by atoms with Crippen LogP contribution in [-0.2, 0) is 13.0 Å². The summed E-state index contributed by atoms with van der Waals surface area (Å²) in [4.78, 5) is 2.67. The number of fused-ring (bicyclic) bond motifs is 3. The van der Waals surface area contributed by atoms with Crippen LogP contribution in [0.4, 0.5) is 0 Å². The molecule has 100 valence electrons. The molecule has 0 radical (unpaired) electrons. The van der Waals surface area contributed by atoms with Crippen LogP contribution in [-0.4, -0.2) is 22.6 Å². The lowest BCUT2D eigenvalue weighted by molar-refractivity contribution is 0.149. The Hall–Kier alpha value is -1.28. The summed E-state index contributed by atoms with van der Waals surface area (Å²) in [5.41, 5.74) is 6.15. The van der Waals surface area contributed by atoms with Crippen LogP contribution in [0.1, 0.15) is 42.6 Å². The maximum atomic E-state index is 2.67. The Labute approximate surface area is 115 Å². The summed E-state index contributed by atoms with van der Waals surface area (Å²) in [5, 5.41) is 1.53. The number of nitrogens with zero attached hydrogens (tertiary/aromatic N) is 2. The molecule has 0 unspecified atom stereocenters. The first kappa shape index (κ1) is 11.5. The highest BCUT2D eigenvalue weighted by Gasteiger charge is 2.33. The normalized spacial score (nSPS) is 22.7. The summed E-state index contributed by atoms with van der Waals surface area (Å²) in [7, 11) is 0. The van der Waals surface area contributed by atoms with Crippen LogP contribution in [0.5, 0.6) is 0 Å². The lowest BCUT2D eigenvalue weighted by atomic mass is 9.89. The Kier molecular flexibility index (Phi) is 2.49. The van der Waals surface area contributed by atoms with E-state index in [2.05, 4.69) is 41.5 Å². The van der Waals surface area contributed by atoms with Crippen LogP contribution in [0, 0.1) is 6.92 Å². The number of hydrogen-bond donors (Lipinski definition) is 0. The summed E-state index contributed by atoms with van der Waals surface area (Å²) in [6, 6.07) is 7.67. The zero-order valence-electron chi connectivity index (χ0n) is 11.9. The Morgan fingerprint density at radius 1 is 1.26 bits per heavy atom. The molecule has 2 aromatic rings. The van der Waals surface area contributed by atoms with Gasteiger partial charge in [-0.15, -0.1) is 0 Å². The van der Waals surface area contributed by atoms with Gasteiger partial charge in [-0.3, -0.25) is 4.90 Å². The fourth-order valence-electron chi connectivity index (χ4n) is 4.17. The van der Waals surface area contributed by atoms with Gasteiger partial charge < -0.3 is 4.57 Å². The summed E-state index contributed by atoms with van der Waals surface area (Å²) in [6.07, 6.45) is 3.97. The lowest BCUT2D eigenvalue weighted by Gasteiger charge is -2.39. The minimum Gasteiger partial charge on any atom is -0.342 e. The maximum Gasteiger partial charge on any atom is 0.0504 e. The highest BCUT2D eigenvalue weighted by atomic mass is 15.2. The predicted molar refractivity (Wildman–Crippen MR) is 79.6 cm³/mol. The molecule has 1 aliphatic heterocycles. The maximum absolute atomic E-state index is 2.67. The molecule has 1 aromatic carbocycles. The molecule has 1 atom stereocenters. The molecule has 2 nitrogen and oxygen atoms in total. The molecule has 2 heterocycles. The molecule has 0 spiro atoms. The molecule has 0 bridgehead atoms. The standard InChI is InChI=1S/C17H22N2/c1-3-18-9-10-19-15-8-7-12(2)11-14(15)13-5-4-6-16(18)17(13)19/h7-8,11,16H,3-6,9-10H2,1-2H3/t16-/m0/s1. The summed E-state index contributed by atoms with van der Waals surface area (Å²) in [5.74, 6) is 0. The molecule has 2 aliphatic rings. The molecule has 1 aromatic heterocycles. The van der Waals surface area contributed by atoms with E-state index < -0.39 is 0 Å². The van der Waals surface area contributed by atoms with Gasteiger partial charge in [-0.2, -0.15) is 0 Å². The number of aromatic nitrogens is 1. The van der Waals surface area contributed by atoms with Crippen LogP contribution >= 0.6 is 0 Å². The molecule has 0 fully saturated rings. The molecule has 0 amide bonds. The van der Waals surface area contributed by atoms with Gasteiger partial charge in [0.25, 0.3) is 0 Å². The molecular formula is C17H22N2. The second kappa shape index (κ2) is 4.11. The molecule has 4 rings (SSSR count). The van der Waals surface area contributed by atoms with Gasteiger partial charge >= 0.3 is 0 Å². The Morgan fingerprint density at radius 3 is 3.00 bits per heavy atom. The summed E-state index contributed by atoms with van der Waals surface area (Å²) < 4.78 is 2.61. The number of likely N-dealkylation sites (N-methyl/N-ethyl adjacent to an activating group) is 1. The first-order chi connectivity index (χ1) is 9.29. The monoisotopic (exact) mass is 254 g/mol. The molecule has 0 saturated heterocycles. The second-order valence-electron chi connectivity index (χ2n) is 6.07. The summed E-state index contributed by atoms with van der Waals surface area (Å²) >= 11 is 0. The SMILES string of the molecule is CCN1CCn2c3c(c4cc(C)ccc42)CCC[C@@H]31. The van der Waals surface area contributed by atoms with Crippen molar-refractivity contribution in [3.63, 3.8) is 0 Å². The van der Waals surface area contributed by atoms with Crippen molar-refractivity contribution < 1.29 is 0 Å². The van der Waals surface area contributed by atoms with E-state index in [-0.39, 0.29) is 0 Å². The zero-order chi connectivity index (χ0) is 13.0. The van der Waals surface area contributed by atoms with Crippen molar-refractivity contribution >= 4 is 10.9 Å². The van der Waals surface area contributed by atoms with E-state index >= 15 is 0 Å². The van der Waals surface area contributed by atoms with E-state index in [1.807, 2.05) is 0 Å². The van der Waals surface area contributed by atoms with Crippen molar-refractivity contribution in [1.29, 1.82) is 0 Å². The largest absolute Gasteiger partial charge is 0.342 e. The smallest absolute Gasteiger partial charge is 0.0504 e. The molecule has 2 heteroatoms. The molecule has 0 saturated carbocycles. The molecular weight excluding hydrogens is 232 g/mol. The third kappa shape index (κ3) is 1.53. The Balaban J connectivity index is 2.01. The highest BCUT2D eigenvalue weighted by molar-refractivity contribution is 5.87. The van der Waals surface area contributed by atoms with Crippen molar-refractivity contribution in [2.24, 2.45) is 0 Å². The van der Waals surface area contributed by atoms with Crippen molar-refractivity contribution in [1.82, 2.24) is 9.47 Å². The lowest BCUT2D eigenvalue weighted by Crippen LogP contribution is -2.39. The zero-order valence-corrected chi connectivity index (χ0v) is 11.9. The van der Waals surface area contributed by atoms with Crippen LogP contribution in [0.3, 0.4) is 0 Å². The third-order valence-electron chi connectivity index (χ3n) is 5.05. The minimum atomic E-state index is 0.676. The van der Waals surface area contributed by atoms with Gasteiger partial charge in [0.2, 0.25) is 0 Å². The minimum absolute atomic E-state index is 0.676. The van der Waals surface area contributed by atoms with Crippen molar-refractivity contribution in [2.75, 3.05) is 13.1 Å². The van der Waals surface area contributed by atoms with E-state index in [0.29, 0.717) is 6.04 Å². The van der Waals surface area contributed by atoms with Crippen molar-refractivity contribution in [3.05, 3.63) is 35.0 Å². The summed E-state index contributed by atoms with van der Waals surface area (Å²) in [6.45, 7) is 8.08. The second-order valence-corrected chi connectivity index (χ2v) is 6.07. The predicted octanol–water partition coefficient (Wildman–Crippen LogP) is 3.66. The van der Waals surface area contributed by atoms with Gasteiger partial charge in [0.15, 0.2) is 0 Å². The molecule has 19 heavy (non-hydrogen) atoms.